The zero-order valence-corrected chi connectivity index (χ0v) is 16.7. The van der Waals surface area contributed by atoms with E-state index >= 15 is 0 Å². The van der Waals surface area contributed by atoms with Gasteiger partial charge in [-0.3, -0.25) is 4.79 Å². The molecule has 3 rings (SSSR count). The average molecular weight is 403 g/mol. The lowest BCUT2D eigenvalue weighted by Crippen LogP contribution is -2.32. The summed E-state index contributed by atoms with van der Waals surface area (Å²) in [4.78, 5) is 17.2. The van der Waals surface area contributed by atoms with Crippen molar-refractivity contribution in [3.63, 3.8) is 0 Å². The molecule has 0 saturated heterocycles. The number of ether oxygens (including phenoxy) is 3. The molecule has 0 aliphatic carbocycles. The summed E-state index contributed by atoms with van der Waals surface area (Å²) in [6.07, 6.45) is 0.448. The van der Waals surface area contributed by atoms with Crippen LogP contribution in [0.15, 0.2) is 30.3 Å². The topological polar surface area (TPSA) is 81.7 Å². The summed E-state index contributed by atoms with van der Waals surface area (Å²) in [6.45, 7) is 4.19. The molecule has 1 amide bonds. The van der Waals surface area contributed by atoms with Crippen molar-refractivity contribution in [2.24, 2.45) is 0 Å². The zero-order valence-electron chi connectivity index (χ0n) is 16.7. The number of amides is 1. The highest BCUT2D eigenvalue weighted by Crippen LogP contribution is 2.30. The third-order valence-electron chi connectivity index (χ3n) is 4.43. The number of halogens is 1. The highest BCUT2D eigenvalue weighted by Gasteiger charge is 2.22. The predicted molar refractivity (Wildman–Crippen MR) is 107 cm³/mol. The second-order valence-electron chi connectivity index (χ2n) is 6.87. The third kappa shape index (κ3) is 5.88. The van der Waals surface area contributed by atoms with Crippen molar-refractivity contribution in [3.8, 4) is 5.88 Å². The van der Waals surface area contributed by atoms with Crippen LogP contribution in [-0.2, 0) is 15.9 Å². The number of hydrogen-bond donors (Lipinski definition) is 2. The molecule has 2 N–H and O–H groups in total. The first-order valence-electron chi connectivity index (χ1n) is 9.59. The molecule has 29 heavy (non-hydrogen) atoms. The molecule has 1 aliphatic heterocycles. The van der Waals surface area contributed by atoms with E-state index < -0.39 is 0 Å². The van der Waals surface area contributed by atoms with Crippen molar-refractivity contribution >= 4 is 11.6 Å². The number of nitrogens with zero attached hydrogens (tertiary/aromatic N) is 1. The highest BCUT2D eigenvalue weighted by atomic mass is 19.1. The summed E-state index contributed by atoms with van der Waals surface area (Å²) in [6, 6.07) is 8.24. The number of pyridine rings is 1. The van der Waals surface area contributed by atoms with Gasteiger partial charge in [0.1, 0.15) is 18.1 Å². The van der Waals surface area contributed by atoms with Gasteiger partial charge >= 0.3 is 0 Å². The number of aromatic nitrogens is 1. The summed E-state index contributed by atoms with van der Waals surface area (Å²) in [5.41, 5.74) is 2.66. The van der Waals surface area contributed by atoms with Crippen LogP contribution in [0, 0.1) is 5.82 Å². The molecule has 0 bridgehead atoms. The number of anilines is 1. The Balaban J connectivity index is 1.76. The number of hydrogen-bond acceptors (Lipinski definition) is 6. The maximum absolute atomic E-state index is 13.2. The molecule has 8 heteroatoms. The first kappa shape index (κ1) is 21.0. The number of fused-ring (bicyclic) bond motifs is 1. The summed E-state index contributed by atoms with van der Waals surface area (Å²) in [5.74, 6) is -0.192. The molecule has 0 spiro atoms. The van der Waals surface area contributed by atoms with Gasteiger partial charge < -0.3 is 24.8 Å². The van der Waals surface area contributed by atoms with Gasteiger partial charge in [0.15, 0.2) is 0 Å². The fourth-order valence-electron chi connectivity index (χ4n) is 2.98. The minimum Gasteiger partial charge on any atom is -0.474 e. The molecular formula is C21H26FN3O4. The maximum Gasteiger partial charge on any atom is 0.270 e. The van der Waals surface area contributed by atoms with Crippen molar-refractivity contribution in [2.45, 2.75) is 19.4 Å². The van der Waals surface area contributed by atoms with E-state index in [-0.39, 0.29) is 17.8 Å². The normalized spacial score (nSPS) is 15.2. The molecule has 0 radical (unpaired) electrons. The van der Waals surface area contributed by atoms with E-state index in [0.29, 0.717) is 51.0 Å². The van der Waals surface area contributed by atoms with Gasteiger partial charge in [0.2, 0.25) is 5.88 Å². The molecule has 0 saturated carbocycles. The monoisotopic (exact) mass is 403 g/mol. The lowest BCUT2D eigenvalue weighted by atomic mass is 10.0. The second-order valence-corrected chi connectivity index (χ2v) is 6.87. The minimum absolute atomic E-state index is 0.145. The van der Waals surface area contributed by atoms with Gasteiger partial charge in [-0.25, -0.2) is 9.37 Å². The molecule has 156 valence electrons. The summed E-state index contributed by atoms with van der Waals surface area (Å²) in [5, 5.41) is 6.15. The van der Waals surface area contributed by atoms with Crippen LogP contribution >= 0.6 is 0 Å². The summed E-state index contributed by atoms with van der Waals surface area (Å²) in [7, 11) is 1.60. The zero-order chi connectivity index (χ0) is 20.6. The van der Waals surface area contributed by atoms with Crippen molar-refractivity contribution < 1.29 is 23.4 Å². The average Bonchev–Trinajstić information content (AvgIpc) is 2.71. The Labute approximate surface area is 169 Å². The lowest BCUT2D eigenvalue weighted by Gasteiger charge is -2.25. The Kier molecular flexibility index (Phi) is 7.37. The number of benzene rings is 1. The smallest absolute Gasteiger partial charge is 0.270 e. The molecule has 2 heterocycles. The molecule has 0 fully saturated rings. The van der Waals surface area contributed by atoms with E-state index in [1.165, 1.54) is 12.1 Å². The van der Waals surface area contributed by atoms with Crippen molar-refractivity contribution in [1.82, 2.24) is 10.3 Å². The van der Waals surface area contributed by atoms with E-state index in [1.54, 1.807) is 19.2 Å². The Morgan fingerprint density at radius 2 is 2.10 bits per heavy atom. The van der Waals surface area contributed by atoms with Crippen LogP contribution < -0.4 is 15.4 Å². The lowest BCUT2D eigenvalue weighted by molar-refractivity contribution is 0.0691. The van der Waals surface area contributed by atoms with E-state index in [9.17, 15) is 9.18 Å². The first-order chi connectivity index (χ1) is 14.1. The summed E-state index contributed by atoms with van der Waals surface area (Å²) >= 11 is 0. The van der Waals surface area contributed by atoms with E-state index in [0.717, 1.165) is 16.8 Å². The van der Waals surface area contributed by atoms with Crippen LogP contribution in [-0.4, -0.2) is 57.0 Å². The largest absolute Gasteiger partial charge is 0.474 e. The third-order valence-corrected chi connectivity index (χ3v) is 4.43. The molecule has 0 unspecified atom stereocenters. The molecule has 1 aliphatic rings. The van der Waals surface area contributed by atoms with E-state index in [4.69, 9.17) is 14.2 Å². The minimum atomic E-state index is -0.303. The van der Waals surface area contributed by atoms with Gasteiger partial charge in [-0.05, 0) is 42.7 Å². The van der Waals surface area contributed by atoms with E-state index in [1.807, 2.05) is 13.0 Å². The number of carbonyl (C=O) groups is 1. The first-order valence-corrected chi connectivity index (χ1v) is 9.59. The van der Waals surface area contributed by atoms with Crippen molar-refractivity contribution in [3.05, 3.63) is 53.0 Å². The van der Waals surface area contributed by atoms with Gasteiger partial charge in [-0.2, -0.15) is 0 Å². The predicted octanol–water partition coefficient (Wildman–Crippen LogP) is 2.40. The van der Waals surface area contributed by atoms with Crippen molar-refractivity contribution in [2.75, 3.05) is 45.4 Å². The molecular weight excluding hydrogens is 377 g/mol. The Hall–Kier alpha value is -2.71. The van der Waals surface area contributed by atoms with Crippen LogP contribution in [0.2, 0.25) is 0 Å². The van der Waals surface area contributed by atoms with Gasteiger partial charge in [0, 0.05) is 13.7 Å². The van der Waals surface area contributed by atoms with Crippen LogP contribution in [0.5, 0.6) is 5.88 Å². The molecule has 7 nitrogen and oxygen atoms in total. The molecule has 1 aromatic carbocycles. The maximum atomic E-state index is 13.2. The fraction of sp³-hybridized carbons (Fsp3) is 0.429. The Morgan fingerprint density at radius 3 is 2.86 bits per heavy atom. The van der Waals surface area contributed by atoms with Gasteiger partial charge in [-0.15, -0.1) is 0 Å². The SMILES string of the molecule is COCCOCCNC(=O)c1nc2c(cc1Cc1ccc(F)cc1)N[C@@H](C)CO2. The summed E-state index contributed by atoms with van der Waals surface area (Å²) < 4.78 is 29.2. The standard InChI is InChI=1S/C21H26FN3O4/c1-14-13-29-21-18(24-14)12-16(11-15-3-5-17(22)6-4-15)19(25-21)20(26)23-7-8-28-10-9-27-2/h3-6,12,14,24H,7-11,13H2,1-2H3,(H,23,26)/t14-/m0/s1. The van der Waals surface area contributed by atoms with Gasteiger partial charge in [0.05, 0.1) is 31.5 Å². The van der Waals surface area contributed by atoms with Crippen LogP contribution in [0.1, 0.15) is 28.5 Å². The van der Waals surface area contributed by atoms with Crippen LogP contribution in [0.3, 0.4) is 0 Å². The van der Waals surface area contributed by atoms with Gasteiger partial charge in [-0.1, -0.05) is 12.1 Å². The number of rotatable bonds is 9. The van der Waals surface area contributed by atoms with Crippen LogP contribution in [0.25, 0.3) is 0 Å². The van der Waals surface area contributed by atoms with E-state index in [2.05, 4.69) is 15.6 Å². The fourth-order valence-corrected chi connectivity index (χ4v) is 2.98. The number of nitrogens with one attached hydrogen (secondary N) is 2. The molecule has 2 aromatic rings. The second kappa shape index (κ2) is 10.2. The number of carbonyl (C=O) groups excluding carboxylic acids is 1. The quantitative estimate of drug-likeness (QED) is 0.626. The van der Waals surface area contributed by atoms with Crippen molar-refractivity contribution in [1.29, 1.82) is 0 Å². The highest BCUT2D eigenvalue weighted by molar-refractivity contribution is 5.94. The Morgan fingerprint density at radius 1 is 1.31 bits per heavy atom. The number of methoxy groups -OCH3 is 1. The van der Waals surface area contributed by atoms with Crippen LogP contribution in [0.4, 0.5) is 10.1 Å². The Bertz CT molecular complexity index is 829. The molecule has 1 atom stereocenters. The molecule has 1 aromatic heterocycles. The van der Waals surface area contributed by atoms with Gasteiger partial charge in [0.25, 0.3) is 5.91 Å².